The summed E-state index contributed by atoms with van der Waals surface area (Å²) in [5.41, 5.74) is 20.6. The average Bonchev–Trinajstić information content (AvgIpc) is 4.04. The topological polar surface area (TPSA) is 6.48 Å². The van der Waals surface area contributed by atoms with Crippen LogP contribution in [0.2, 0.25) is 0 Å². The van der Waals surface area contributed by atoms with Gasteiger partial charge in [0.15, 0.2) is 0 Å². The Balaban J connectivity index is 0.885. The first-order valence-corrected chi connectivity index (χ1v) is 26.6. The van der Waals surface area contributed by atoms with Gasteiger partial charge in [-0.3, -0.25) is 0 Å². The monoisotopic (exact) mass is 980 g/mol. The standard InChI is InChI=1S/C75H52N2/c1-5-21-57(22-6-1)71-50-60-24-15-16-25-61(60)51-74(71)77(68-46-47-70-69-34-17-18-35-72(69)75(73(70)52-68,62-27-7-2-8-28-62)63-29-9-3-10-30-63)66-33-19-26-59(48-66)56-38-36-54(37-39-56)55-40-43-65(44-41-55)76(64-31-11-4-12-32-64)67-45-42-53-20-13-14-23-58(53)49-67/h1-52H. The predicted molar refractivity (Wildman–Crippen MR) is 324 cm³/mol. The molecule has 0 fully saturated rings. The number of para-hydroxylation sites is 1. The van der Waals surface area contributed by atoms with Crippen molar-refractivity contribution < 1.29 is 0 Å². The van der Waals surface area contributed by atoms with Crippen LogP contribution in [0.5, 0.6) is 0 Å². The van der Waals surface area contributed by atoms with E-state index in [1.807, 2.05) is 0 Å². The first-order valence-electron chi connectivity index (χ1n) is 26.6. The predicted octanol–water partition coefficient (Wildman–Crippen LogP) is 20.3. The Kier molecular flexibility index (Phi) is 11.5. The molecule has 1 aliphatic carbocycles. The van der Waals surface area contributed by atoms with Crippen LogP contribution in [0.3, 0.4) is 0 Å². The fraction of sp³-hybridized carbons (Fsp3) is 0.0133. The number of rotatable bonds is 11. The van der Waals surface area contributed by atoms with Gasteiger partial charge in [-0.15, -0.1) is 0 Å². The van der Waals surface area contributed by atoms with Gasteiger partial charge in [0.2, 0.25) is 0 Å². The van der Waals surface area contributed by atoms with Gasteiger partial charge < -0.3 is 9.80 Å². The molecule has 0 amide bonds. The number of nitrogens with zero attached hydrogens (tertiary/aromatic N) is 2. The van der Waals surface area contributed by atoms with Gasteiger partial charge in [0, 0.05) is 34.0 Å². The molecule has 0 heterocycles. The van der Waals surface area contributed by atoms with Crippen molar-refractivity contribution in [1.29, 1.82) is 0 Å². The summed E-state index contributed by atoms with van der Waals surface area (Å²) < 4.78 is 0. The van der Waals surface area contributed by atoms with Crippen molar-refractivity contribution in [3.63, 3.8) is 0 Å². The molecule has 77 heavy (non-hydrogen) atoms. The number of hydrogen-bond donors (Lipinski definition) is 0. The molecule has 362 valence electrons. The maximum Gasteiger partial charge on any atom is 0.0714 e. The lowest BCUT2D eigenvalue weighted by Crippen LogP contribution is -2.28. The molecule has 13 aromatic carbocycles. The normalized spacial score (nSPS) is 12.3. The van der Waals surface area contributed by atoms with Crippen LogP contribution in [-0.4, -0.2) is 0 Å². The van der Waals surface area contributed by atoms with Crippen LogP contribution in [-0.2, 0) is 5.41 Å². The van der Waals surface area contributed by atoms with Crippen molar-refractivity contribution in [2.75, 3.05) is 9.80 Å². The van der Waals surface area contributed by atoms with Crippen LogP contribution < -0.4 is 9.80 Å². The van der Waals surface area contributed by atoms with E-state index < -0.39 is 5.41 Å². The van der Waals surface area contributed by atoms with E-state index in [1.165, 1.54) is 54.9 Å². The van der Waals surface area contributed by atoms with Gasteiger partial charge in [-0.05, 0) is 156 Å². The SMILES string of the molecule is c1ccc(-c2cc3ccccc3cc2N(c2cccc(-c3ccc(-c4ccc(N(c5ccccc5)c5ccc6ccccc6c5)cc4)cc3)c2)c2ccc3c(c2)C(c2ccccc2)(c2ccccc2)c2ccccc2-3)cc1. The molecule has 0 unspecified atom stereocenters. The lowest BCUT2D eigenvalue weighted by molar-refractivity contribution is 0.768. The third kappa shape index (κ3) is 8.07. The van der Waals surface area contributed by atoms with Crippen LogP contribution in [0.1, 0.15) is 22.3 Å². The summed E-state index contributed by atoms with van der Waals surface area (Å²) in [5, 5.41) is 4.84. The molecule has 0 radical (unpaired) electrons. The maximum atomic E-state index is 2.49. The van der Waals surface area contributed by atoms with Gasteiger partial charge in [-0.1, -0.05) is 243 Å². The van der Waals surface area contributed by atoms with Gasteiger partial charge >= 0.3 is 0 Å². The molecule has 0 N–H and O–H groups in total. The highest BCUT2D eigenvalue weighted by Crippen LogP contribution is 2.58. The van der Waals surface area contributed by atoms with Gasteiger partial charge in [-0.2, -0.15) is 0 Å². The molecule has 13 aromatic rings. The van der Waals surface area contributed by atoms with Crippen molar-refractivity contribution in [2.24, 2.45) is 0 Å². The van der Waals surface area contributed by atoms with Crippen molar-refractivity contribution in [1.82, 2.24) is 0 Å². The third-order valence-corrected chi connectivity index (χ3v) is 15.7. The van der Waals surface area contributed by atoms with E-state index in [2.05, 4.69) is 325 Å². The molecule has 0 bridgehead atoms. The quantitative estimate of drug-likeness (QED) is 0.127. The van der Waals surface area contributed by atoms with Crippen molar-refractivity contribution in [2.45, 2.75) is 5.41 Å². The summed E-state index contributed by atoms with van der Waals surface area (Å²) in [6, 6.07) is 116. The van der Waals surface area contributed by atoms with E-state index in [9.17, 15) is 0 Å². The largest absolute Gasteiger partial charge is 0.310 e. The van der Waals surface area contributed by atoms with Gasteiger partial charge in [0.05, 0.1) is 11.1 Å². The van der Waals surface area contributed by atoms with Crippen molar-refractivity contribution >= 4 is 55.7 Å². The highest BCUT2D eigenvalue weighted by Gasteiger charge is 2.46. The molecule has 2 heteroatoms. The molecule has 14 rings (SSSR count). The van der Waals surface area contributed by atoms with E-state index in [-0.39, 0.29) is 0 Å². The zero-order valence-electron chi connectivity index (χ0n) is 42.4. The lowest BCUT2D eigenvalue weighted by Gasteiger charge is -2.35. The number of hydrogen-bond acceptors (Lipinski definition) is 2. The molecule has 1 aliphatic rings. The number of benzene rings is 13. The molecular weight excluding hydrogens is 929 g/mol. The van der Waals surface area contributed by atoms with Gasteiger partial charge in [0.25, 0.3) is 0 Å². The molecule has 0 spiro atoms. The molecule has 0 aliphatic heterocycles. The van der Waals surface area contributed by atoms with E-state index in [0.29, 0.717) is 0 Å². The van der Waals surface area contributed by atoms with Crippen LogP contribution in [0.4, 0.5) is 34.1 Å². The summed E-state index contributed by atoms with van der Waals surface area (Å²) >= 11 is 0. The lowest BCUT2D eigenvalue weighted by atomic mass is 9.67. The second-order valence-electron chi connectivity index (χ2n) is 20.1. The fourth-order valence-corrected chi connectivity index (χ4v) is 12.1. The summed E-state index contributed by atoms with van der Waals surface area (Å²) in [6.07, 6.45) is 0. The molecule has 0 saturated heterocycles. The van der Waals surface area contributed by atoms with E-state index in [1.54, 1.807) is 0 Å². The Bertz CT molecular complexity index is 4210. The molecule has 0 atom stereocenters. The minimum Gasteiger partial charge on any atom is -0.310 e. The summed E-state index contributed by atoms with van der Waals surface area (Å²) in [6.45, 7) is 0. The zero-order valence-corrected chi connectivity index (χ0v) is 42.4. The molecular formula is C75H52N2. The van der Waals surface area contributed by atoms with E-state index in [4.69, 9.17) is 0 Å². The molecule has 0 saturated carbocycles. The number of anilines is 6. The molecule has 2 nitrogen and oxygen atoms in total. The molecule has 0 aromatic heterocycles. The Morgan fingerprint density at radius 2 is 0.649 bits per heavy atom. The first-order chi connectivity index (χ1) is 38.2. The minimum absolute atomic E-state index is 0.551. The second-order valence-corrected chi connectivity index (χ2v) is 20.1. The highest BCUT2D eigenvalue weighted by atomic mass is 15.1. The maximum absolute atomic E-state index is 2.49. The first kappa shape index (κ1) is 45.6. The van der Waals surface area contributed by atoms with Crippen LogP contribution in [0.25, 0.3) is 66.1 Å². The second kappa shape index (κ2) is 19.4. The minimum atomic E-state index is -0.551. The Morgan fingerprint density at radius 3 is 1.32 bits per heavy atom. The summed E-state index contributed by atoms with van der Waals surface area (Å²) in [5.74, 6) is 0. The smallest absolute Gasteiger partial charge is 0.0714 e. The van der Waals surface area contributed by atoms with Crippen molar-refractivity contribution in [3.8, 4) is 44.5 Å². The van der Waals surface area contributed by atoms with Gasteiger partial charge in [-0.25, -0.2) is 0 Å². The summed E-state index contributed by atoms with van der Waals surface area (Å²) in [4.78, 5) is 4.83. The Morgan fingerprint density at radius 1 is 0.208 bits per heavy atom. The Hall–Kier alpha value is -10.0. The van der Waals surface area contributed by atoms with Crippen LogP contribution in [0, 0.1) is 0 Å². The summed E-state index contributed by atoms with van der Waals surface area (Å²) in [7, 11) is 0. The van der Waals surface area contributed by atoms with E-state index in [0.717, 1.165) is 67.5 Å². The highest BCUT2D eigenvalue weighted by molar-refractivity contribution is 6.00. The fourth-order valence-electron chi connectivity index (χ4n) is 12.1. The zero-order chi connectivity index (χ0) is 51.1. The van der Waals surface area contributed by atoms with Crippen molar-refractivity contribution in [3.05, 3.63) is 338 Å². The number of fused-ring (bicyclic) bond motifs is 5. The average molecular weight is 981 g/mol. The van der Waals surface area contributed by atoms with E-state index >= 15 is 0 Å². The third-order valence-electron chi connectivity index (χ3n) is 15.7. The van der Waals surface area contributed by atoms with Gasteiger partial charge in [0.1, 0.15) is 0 Å². The van der Waals surface area contributed by atoms with Crippen LogP contribution in [0.15, 0.2) is 315 Å². The van der Waals surface area contributed by atoms with Crippen LogP contribution >= 0.6 is 0 Å². The Labute approximate surface area is 450 Å².